The van der Waals surface area contributed by atoms with Crippen LogP contribution in [0.15, 0.2) is 42.5 Å². The van der Waals surface area contributed by atoms with Crippen LogP contribution in [0.5, 0.6) is 0 Å². The molecule has 2 N–H and O–H groups in total. The zero-order valence-corrected chi connectivity index (χ0v) is 21.2. The maximum atomic E-state index is 14.2. The van der Waals surface area contributed by atoms with Gasteiger partial charge in [-0.15, -0.1) is 0 Å². The summed E-state index contributed by atoms with van der Waals surface area (Å²) in [6.07, 6.45) is 0.450. The number of nitrogens with zero attached hydrogens (tertiary/aromatic N) is 3. The normalized spacial score (nSPS) is 21.0. The number of aromatic nitrogens is 1. The highest BCUT2D eigenvalue weighted by atomic mass is 19.1. The fourth-order valence-corrected chi connectivity index (χ4v) is 5.66. The van der Waals surface area contributed by atoms with Crippen molar-refractivity contribution in [1.82, 2.24) is 14.8 Å². The molecule has 1 aromatic heterocycles. The van der Waals surface area contributed by atoms with Gasteiger partial charge in [0.05, 0.1) is 17.0 Å². The van der Waals surface area contributed by atoms with Gasteiger partial charge in [0.25, 0.3) is 5.91 Å². The molecule has 5 rings (SSSR count). The molecule has 0 aliphatic carbocycles. The van der Waals surface area contributed by atoms with E-state index in [4.69, 9.17) is 0 Å². The third-order valence-corrected chi connectivity index (χ3v) is 7.57. The summed E-state index contributed by atoms with van der Waals surface area (Å²) in [5.41, 5.74) is 0.501. The Morgan fingerprint density at radius 1 is 1.24 bits per heavy atom. The molecule has 2 aliphatic heterocycles. The number of H-pyrrole nitrogens is 1. The van der Waals surface area contributed by atoms with Gasteiger partial charge in [-0.3, -0.25) is 14.4 Å². The number of hydrogen-bond donors (Lipinski definition) is 2. The molecule has 1 saturated heterocycles. The van der Waals surface area contributed by atoms with E-state index in [-0.39, 0.29) is 41.4 Å². The summed E-state index contributed by atoms with van der Waals surface area (Å²) in [6.45, 7) is 3.83. The fourth-order valence-electron chi connectivity index (χ4n) is 5.66. The van der Waals surface area contributed by atoms with Crippen molar-refractivity contribution in [3.63, 3.8) is 0 Å². The number of amides is 3. The smallest absolute Gasteiger partial charge is 0.270 e. The number of nitriles is 1. The molecule has 2 aromatic carbocycles. The van der Waals surface area contributed by atoms with E-state index in [1.165, 1.54) is 22.9 Å². The van der Waals surface area contributed by atoms with Crippen molar-refractivity contribution in [3.05, 3.63) is 65.4 Å². The number of anilines is 1. The number of hydrogen-bond acceptors (Lipinski definition) is 4. The summed E-state index contributed by atoms with van der Waals surface area (Å²) in [6, 6.07) is 10.7. The molecule has 2 aliphatic rings. The lowest BCUT2D eigenvalue weighted by molar-refractivity contribution is -0.136. The van der Waals surface area contributed by atoms with Gasteiger partial charge in [0.15, 0.2) is 0 Å². The molecule has 3 atom stereocenters. The Hall–Kier alpha value is -4.26. The van der Waals surface area contributed by atoms with Crippen molar-refractivity contribution < 1.29 is 23.2 Å². The molecule has 8 nitrogen and oxygen atoms in total. The van der Waals surface area contributed by atoms with Crippen LogP contribution in [-0.4, -0.2) is 58.2 Å². The molecule has 3 amide bonds. The minimum absolute atomic E-state index is 0.00683. The van der Waals surface area contributed by atoms with Crippen LogP contribution in [0.3, 0.4) is 0 Å². The maximum absolute atomic E-state index is 14.2. The average molecular weight is 520 g/mol. The van der Waals surface area contributed by atoms with Crippen LogP contribution in [0.1, 0.15) is 42.7 Å². The lowest BCUT2D eigenvalue weighted by Gasteiger charge is -2.33. The predicted molar refractivity (Wildman–Crippen MR) is 136 cm³/mol. The second kappa shape index (κ2) is 9.24. The van der Waals surface area contributed by atoms with Gasteiger partial charge in [-0.1, -0.05) is 32.0 Å². The van der Waals surface area contributed by atoms with Crippen LogP contribution in [-0.2, 0) is 15.0 Å². The summed E-state index contributed by atoms with van der Waals surface area (Å²) in [5, 5.41) is 12.9. The number of benzene rings is 2. The summed E-state index contributed by atoms with van der Waals surface area (Å²) < 4.78 is 27.9. The zero-order chi connectivity index (χ0) is 27.4. The molecule has 0 saturated carbocycles. The van der Waals surface area contributed by atoms with Gasteiger partial charge in [-0.05, 0) is 36.1 Å². The molecule has 0 bridgehead atoms. The van der Waals surface area contributed by atoms with E-state index in [1.807, 2.05) is 26.0 Å². The minimum Gasteiger partial charge on any atom is -0.350 e. The van der Waals surface area contributed by atoms with E-state index in [2.05, 4.69) is 16.4 Å². The van der Waals surface area contributed by atoms with Gasteiger partial charge in [0.2, 0.25) is 11.8 Å². The van der Waals surface area contributed by atoms with E-state index in [1.54, 1.807) is 12.1 Å². The molecule has 3 heterocycles. The largest absolute Gasteiger partial charge is 0.350 e. The van der Waals surface area contributed by atoms with Crippen molar-refractivity contribution in [2.24, 2.45) is 5.92 Å². The highest BCUT2D eigenvalue weighted by Crippen LogP contribution is 2.46. The summed E-state index contributed by atoms with van der Waals surface area (Å²) in [4.78, 5) is 46.0. The first-order valence-corrected chi connectivity index (χ1v) is 12.4. The van der Waals surface area contributed by atoms with Crippen LogP contribution < -0.4 is 5.32 Å². The Morgan fingerprint density at radius 3 is 2.68 bits per heavy atom. The van der Waals surface area contributed by atoms with Crippen LogP contribution in [0, 0.1) is 28.9 Å². The Labute approximate surface area is 218 Å². The summed E-state index contributed by atoms with van der Waals surface area (Å²) >= 11 is 0. The van der Waals surface area contributed by atoms with Gasteiger partial charge in [-0.2, -0.15) is 5.26 Å². The maximum Gasteiger partial charge on any atom is 0.270 e. The second-order valence-electron chi connectivity index (χ2n) is 10.5. The van der Waals surface area contributed by atoms with Crippen molar-refractivity contribution in [2.45, 2.75) is 44.2 Å². The summed E-state index contributed by atoms with van der Waals surface area (Å²) in [7, 11) is 1.47. The Balaban J connectivity index is 1.46. The first-order chi connectivity index (χ1) is 18.1. The number of rotatable bonds is 5. The molecular formula is C28H27F2N5O3. The van der Waals surface area contributed by atoms with Crippen LogP contribution in [0.2, 0.25) is 0 Å². The topological polar surface area (TPSA) is 109 Å². The number of carbonyl (C=O) groups is 3. The molecule has 1 spiro atoms. The van der Waals surface area contributed by atoms with Crippen molar-refractivity contribution >= 4 is 34.3 Å². The minimum atomic E-state index is -1.05. The highest BCUT2D eigenvalue weighted by Gasteiger charge is 2.56. The molecule has 196 valence electrons. The van der Waals surface area contributed by atoms with Gasteiger partial charge in [-0.25, -0.2) is 8.78 Å². The SMILES string of the molecule is CC(C)CC(C(=O)N1C[C@]2(C[C@H]1C#N)C(=O)Nc1ccccc12)N(C)C(=O)c1cc2c(F)cc(F)cc2[nH]1. The lowest BCUT2D eigenvalue weighted by atomic mass is 9.80. The van der Waals surface area contributed by atoms with Crippen molar-refractivity contribution in [3.8, 4) is 6.07 Å². The van der Waals surface area contributed by atoms with E-state index in [0.717, 1.165) is 17.7 Å². The molecular weight excluding hydrogens is 492 g/mol. The fraction of sp³-hybridized carbons (Fsp3) is 0.357. The monoisotopic (exact) mass is 519 g/mol. The first kappa shape index (κ1) is 25.4. The molecule has 10 heteroatoms. The number of nitrogens with one attached hydrogen (secondary N) is 2. The zero-order valence-electron chi connectivity index (χ0n) is 21.2. The van der Waals surface area contributed by atoms with Crippen LogP contribution >= 0.6 is 0 Å². The standard InChI is InChI=1S/C28H27F2N5O3/c1-15(2)8-24(34(3)25(36)23-11-18-20(30)9-16(29)10-22(18)32-23)26(37)35-14-28(12-17(35)13-31)19-6-4-5-7-21(19)33-27(28)38/h4-7,9-11,15,17,24,32H,8,12,14H2,1-3H3,(H,33,38)/t17-,24?,28-/m0/s1. The molecule has 1 fully saturated rings. The molecule has 1 unspecified atom stereocenters. The third-order valence-electron chi connectivity index (χ3n) is 7.57. The Kier molecular flexibility index (Phi) is 6.18. The Bertz CT molecular complexity index is 1510. The van der Waals surface area contributed by atoms with Crippen molar-refractivity contribution in [1.29, 1.82) is 5.26 Å². The Morgan fingerprint density at radius 2 is 1.97 bits per heavy atom. The van der Waals surface area contributed by atoms with E-state index in [0.29, 0.717) is 12.1 Å². The average Bonchev–Trinajstić information content (AvgIpc) is 3.56. The van der Waals surface area contributed by atoms with E-state index in [9.17, 15) is 28.4 Å². The second-order valence-corrected chi connectivity index (χ2v) is 10.5. The lowest BCUT2D eigenvalue weighted by Crippen LogP contribution is -2.52. The molecule has 38 heavy (non-hydrogen) atoms. The van der Waals surface area contributed by atoms with E-state index < -0.39 is 40.9 Å². The third kappa shape index (κ3) is 3.99. The number of halogens is 2. The number of carbonyl (C=O) groups excluding carboxylic acids is 3. The predicted octanol–water partition coefficient (Wildman–Crippen LogP) is 3.95. The quantitative estimate of drug-likeness (QED) is 0.532. The number of likely N-dealkylation sites (N-methyl/N-ethyl adjacent to an activating group) is 1. The van der Waals surface area contributed by atoms with E-state index >= 15 is 0 Å². The first-order valence-electron chi connectivity index (χ1n) is 12.4. The molecule has 0 radical (unpaired) electrons. The molecule has 3 aromatic rings. The van der Waals surface area contributed by atoms with Gasteiger partial charge in [0.1, 0.15) is 29.4 Å². The van der Waals surface area contributed by atoms with Gasteiger partial charge in [0, 0.05) is 37.2 Å². The van der Waals surface area contributed by atoms with Crippen molar-refractivity contribution in [2.75, 3.05) is 18.9 Å². The number of fused-ring (bicyclic) bond motifs is 3. The number of likely N-dealkylation sites (tertiary alicyclic amines) is 1. The number of aromatic amines is 1. The van der Waals surface area contributed by atoms with Crippen LogP contribution in [0.4, 0.5) is 14.5 Å². The van der Waals surface area contributed by atoms with Gasteiger partial charge >= 0.3 is 0 Å². The summed E-state index contributed by atoms with van der Waals surface area (Å²) in [5.74, 6) is -2.84. The number of para-hydroxylation sites is 1. The van der Waals surface area contributed by atoms with Crippen LogP contribution in [0.25, 0.3) is 10.9 Å². The highest BCUT2D eigenvalue weighted by molar-refractivity contribution is 6.07. The van der Waals surface area contributed by atoms with Gasteiger partial charge < -0.3 is 20.1 Å².